The molecule has 0 radical (unpaired) electrons. The Morgan fingerprint density at radius 2 is 2.06 bits per heavy atom. The van der Waals surface area contributed by atoms with Crippen LogP contribution in [0.15, 0.2) is 18.2 Å². The van der Waals surface area contributed by atoms with Crippen LogP contribution in [-0.4, -0.2) is 18.0 Å². The van der Waals surface area contributed by atoms with Crippen molar-refractivity contribution in [2.24, 2.45) is 0 Å². The topological polar surface area (TPSA) is 55.4 Å². The Hall–Kier alpha value is -1.55. The van der Waals surface area contributed by atoms with E-state index in [0.29, 0.717) is 22.6 Å². The summed E-state index contributed by atoms with van der Waals surface area (Å²) in [4.78, 5) is 22.1. The van der Waals surface area contributed by atoms with E-state index < -0.39 is 11.7 Å². The molecule has 0 bridgehead atoms. The van der Waals surface area contributed by atoms with Crippen LogP contribution in [0.3, 0.4) is 0 Å². The Labute approximate surface area is 105 Å². The van der Waals surface area contributed by atoms with E-state index in [4.69, 9.17) is 16.3 Å². The number of hydrogen-bond acceptors (Lipinski definition) is 3. The highest BCUT2D eigenvalue weighted by Crippen LogP contribution is 2.19. The first-order valence-electron chi connectivity index (χ1n) is 5.06. The van der Waals surface area contributed by atoms with Crippen LogP contribution in [0, 0.1) is 0 Å². The van der Waals surface area contributed by atoms with Crippen molar-refractivity contribution in [2.45, 2.75) is 26.4 Å². The van der Waals surface area contributed by atoms with Gasteiger partial charge in [0.2, 0.25) is 0 Å². The number of nitrogens with one attached hydrogen (secondary N) is 1. The molecule has 4 nitrogen and oxygen atoms in total. The molecule has 1 aromatic rings. The number of ether oxygens (including phenoxy) is 1. The van der Waals surface area contributed by atoms with E-state index in [1.807, 2.05) is 0 Å². The number of benzene rings is 1. The fourth-order valence-electron chi connectivity index (χ4n) is 1.13. The average Bonchev–Trinajstić information content (AvgIpc) is 2.18. The first kappa shape index (κ1) is 13.5. The normalized spacial score (nSPS) is 10.8. The molecule has 0 spiro atoms. The second kappa shape index (κ2) is 5.19. The number of amides is 1. The van der Waals surface area contributed by atoms with Gasteiger partial charge in [0.05, 0.1) is 5.02 Å². The molecule has 1 N–H and O–H groups in total. The summed E-state index contributed by atoms with van der Waals surface area (Å²) in [6.07, 6.45) is 0.0551. The number of rotatable bonds is 2. The summed E-state index contributed by atoms with van der Waals surface area (Å²) in [7, 11) is 0. The first-order valence-corrected chi connectivity index (χ1v) is 5.44. The molecule has 0 unspecified atom stereocenters. The van der Waals surface area contributed by atoms with Gasteiger partial charge in [-0.05, 0) is 39.0 Å². The van der Waals surface area contributed by atoms with Gasteiger partial charge in [-0.3, -0.25) is 10.1 Å². The van der Waals surface area contributed by atoms with Gasteiger partial charge < -0.3 is 4.74 Å². The van der Waals surface area contributed by atoms with Gasteiger partial charge in [0, 0.05) is 11.3 Å². The predicted molar refractivity (Wildman–Crippen MR) is 66.7 cm³/mol. The maximum absolute atomic E-state index is 11.5. The Balaban J connectivity index is 2.75. The summed E-state index contributed by atoms with van der Waals surface area (Å²) >= 11 is 5.76. The van der Waals surface area contributed by atoms with E-state index in [1.54, 1.807) is 26.8 Å². The number of halogens is 1. The summed E-state index contributed by atoms with van der Waals surface area (Å²) in [5, 5.41) is 2.86. The molecule has 0 saturated heterocycles. The van der Waals surface area contributed by atoms with Gasteiger partial charge in [-0.2, -0.15) is 0 Å². The number of hydrogen-bond donors (Lipinski definition) is 1. The fourth-order valence-corrected chi connectivity index (χ4v) is 1.30. The molecule has 92 valence electrons. The molecule has 0 saturated carbocycles. The monoisotopic (exact) mass is 255 g/mol. The second-order valence-corrected chi connectivity index (χ2v) is 4.89. The highest BCUT2D eigenvalue weighted by molar-refractivity contribution is 6.33. The molecule has 1 amide bonds. The molecule has 0 atom stereocenters. The standard InChI is InChI=1S/C12H14ClNO3/c1-12(2,3)17-11(16)14-9-4-5-10(13)8(6-9)7-15/h4-7H,1-3H3,(H,14,16). The van der Waals surface area contributed by atoms with Gasteiger partial charge in [0.15, 0.2) is 6.29 Å². The Bertz CT molecular complexity index is 438. The molecular weight excluding hydrogens is 242 g/mol. The van der Waals surface area contributed by atoms with Crippen LogP contribution < -0.4 is 5.32 Å². The maximum Gasteiger partial charge on any atom is 0.412 e. The number of aldehydes is 1. The summed E-state index contributed by atoms with van der Waals surface area (Å²) in [6, 6.07) is 4.62. The third-order valence-corrected chi connectivity index (χ3v) is 2.11. The molecule has 0 aliphatic heterocycles. The quantitative estimate of drug-likeness (QED) is 0.823. The highest BCUT2D eigenvalue weighted by atomic mass is 35.5. The van der Waals surface area contributed by atoms with Crippen molar-refractivity contribution in [1.29, 1.82) is 0 Å². The summed E-state index contributed by atoms with van der Waals surface area (Å²) < 4.78 is 5.07. The van der Waals surface area contributed by atoms with Crippen LogP contribution in [0.2, 0.25) is 5.02 Å². The molecule has 0 aromatic heterocycles. The van der Waals surface area contributed by atoms with Gasteiger partial charge in [0.1, 0.15) is 5.60 Å². The zero-order valence-corrected chi connectivity index (χ0v) is 10.7. The third kappa shape index (κ3) is 4.44. The molecular formula is C12H14ClNO3. The van der Waals surface area contributed by atoms with Gasteiger partial charge in [0.25, 0.3) is 0 Å². The van der Waals surface area contributed by atoms with Crippen molar-refractivity contribution in [3.05, 3.63) is 28.8 Å². The van der Waals surface area contributed by atoms with E-state index in [0.717, 1.165) is 0 Å². The number of anilines is 1. The lowest BCUT2D eigenvalue weighted by Gasteiger charge is -2.19. The summed E-state index contributed by atoms with van der Waals surface area (Å²) in [5.74, 6) is 0. The molecule has 5 heteroatoms. The molecule has 0 fully saturated rings. The molecule has 17 heavy (non-hydrogen) atoms. The SMILES string of the molecule is CC(C)(C)OC(=O)Nc1ccc(Cl)c(C=O)c1. The van der Waals surface area contributed by atoms with Crippen molar-refractivity contribution in [3.8, 4) is 0 Å². The van der Waals surface area contributed by atoms with Crippen molar-refractivity contribution < 1.29 is 14.3 Å². The van der Waals surface area contributed by atoms with Crippen LogP contribution in [0.1, 0.15) is 31.1 Å². The Morgan fingerprint density at radius 3 is 2.59 bits per heavy atom. The first-order chi connectivity index (χ1) is 7.81. The minimum absolute atomic E-state index is 0.320. The summed E-state index contributed by atoms with van der Waals surface area (Å²) in [6.45, 7) is 5.31. The third-order valence-electron chi connectivity index (χ3n) is 1.77. The lowest BCUT2D eigenvalue weighted by molar-refractivity contribution is 0.0635. The maximum atomic E-state index is 11.5. The van der Waals surface area contributed by atoms with E-state index >= 15 is 0 Å². The zero-order valence-electron chi connectivity index (χ0n) is 9.91. The van der Waals surface area contributed by atoms with Gasteiger partial charge in [-0.15, -0.1) is 0 Å². The Kier molecular flexibility index (Phi) is 4.12. The summed E-state index contributed by atoms with van der Waals surface area (Å²) in [5.41, 5.74) is 0.218. The van der Waals surface area contributed by atoms with Crippen molar-refractivity contribution in [2.75, 3.05) is 5.32 Å². The largest absolute Gasteiger partial charge is 0.444 e. The zero-order chi connectivity index (χ0) is 13.1. The van der Waals surface area contributed by atoms with Crippen molar-refractivity contribution in [1.82, 2.24) is 0 Å². The van der Waals surface area contributed by atoms with Crippen molar-refractivity contribution in [3.63, 3.8) is 0 Å². The van der Waals surface area contributed by atoms with Crippen LogP contribution in [0.25, 0.3) is 0 Å². The van der Waals surface area contributed by atoms with Gasteiger partial charge in [-0.1, -0.05) is 11.6 Å². The molecule has 0 aliphatic carbocycles. The Morgan fingerprint density at radius 1 is 1.41 bits per heavy atom. The lowest BCUT2D eigenvalue weighted by Crippen LogP contribution is -2.27. The van der Waals surface area contributed by atoms with E-state index in [-0.39, 0.29) is 0 Å². The lowest BCUT2D eigenvalue weighted by atomic mass is 10.2. The van der Waals surface area contributed by atoms with E-state index in [9.17, 15) is 9.59 Å². The van der Waals surface area contributed by atoms with Crippen LogP contribution in [-0.2, 0) is 4.74 Å². The minimum Gasteiger partial charge on any atom is -0.444 e. The average molecular weight is 256 g/mol. The molecule has 1 aromatic carbocycles. The fraction of sp³-hybridized carbons (Fsp3) is 0.333. The van der Waals surface area contributed by atoms with E-state index in [2.05, 4.69) is 5.32 Å². The highest BCUT2D eigenvalue weighted by Gasteiger charge is 2.16. The van der Waals surface area contributed by atoms with Crippen LogP contribution in [0.5, 0.6) is 0 Å². The number of carbonyl (C=O) groups excluding carboxylic acids is 2. The number of carbonyl (C=O) groups is 2. The predicted octanol–water partition coefficient (Wildman–Crippen LogP) is 3.50. The molecule has 0 heterocycles. The van der Waals surface area contributed by atoms with Gasteiger partial charge >= 0.3 is 6.09 Å². The van der Waals surface area contributed by atoms with Crippen molar-refractivity contribution >= 4 is 29.7 Å². The second-order valence-electron chi connectivity index (χ2n) is 4.48. The van der Waals surface area contributed by atoms with E-state index in [1.165, 1.54) is 12.1 Å². The smallest absolute Gasteiger partial charge is 0.412 e. The van der Waals surface area contributed by atoms with Crippen LogP contribution in [0.4, 0.5) is 10.5 Å². The van der Waals surface area contributed by atoms with Crippen LogP contribution >= 0.6 is 11.6 Å². The molecule has 0 aliphatic rings. The minimum atomic E-state index is -0.573. The molecule has 1 rings (SSSR count). The van der Waals surface area contributed by atoms with Gasteiger partial charge in [-0.25, -0.2) is 4.79 Å².